The standard InChI is InChI=1S/C8H18O6/c1-8(5(12)2-9,6(13)3-10)7(14)4-11/h5-7,9-14H,2-4H2,1H3. The molecule has 0 aromatic heterocycles. The second-order valence-electron chi connectivity index (χ2n) is 3.46. The third kappa shape index (κ3) is 2.41. The molecule has 0 radical (unpaired) electrons. The van der Waals surface area contributed by atoms with Crippen molar-refractivity contribution in [3.8, 4) is 0 Å². The van der Waals surface area contributed by atoms with E-state index in [0.29, 0.717) is 0 Å². The van der Waals surface area contributed by atoms with Crippen LogP contribution in [0, 0.1) is 5.41 Å². The second kappa shape index (κ2) is 5.59. The van der Waals surface area contributed by atoms with E-state index in [1.807, 2.05) is 0 Å². The summed E-state index contributed by atoms with van der Waals surface area (Å²) in [5.74, 6) is 0. The lowest BCUT2D eigenvalue weighted by Crippen LogP contribution is -2.55. The highest BCUT2D eigenvalue weighted by Crippen LogP contribution is 2.30. The van der Waals surface area contributed by atoms with Crippen LogP contribution < -0.4 is 0 Å². The van der Waals surface area contributed by atoms with E-state index in [9.17, 15) is 15.3 Å². The average molecular weight is 210 g/mol. The fraction of sp³-hybridized carbons (Fsp3) is 1.00. The number of aliphatic hydroxyl groups is 6. The van der Waals surface area contributed by atoms with Crippen molar-refractivity contribution in [1.29, 1.82) is 0 Å². The molecule has 0 amide bonds. The SMILES string of the molecule is CC(C(O)CO)(C(O)CO)C(O)CO. The first-order valence-corrected chi connectivity index (χ1v) is 4.31. The largest absolute Gasteiger partial charge is 0.394 e. The monoisotopic (exact) mass is 210 g/mol. The highest BCUT2D eigenvalue weighted by Gasteiger charge is 2.45. The van der Waals surface area contributed by atoms with Crippen LogP contribution in [0.2, 0.25) is 0 Å². The molecule has 0 aliphatic carbocycles. The molecule has 0 aromatic carbocycles. The summed E-state index contributed by atoms with van der Waals surface area (Å²) in [5, 5.41) is 54.3. The maximum absolute atomic E-state index is 9.39. The van der Waals surface area contributed by atoms with Crippen LogP contribution in [0.1, 0.15) is 6.92 Å². The van der Waals surface area contributed by atoms with E-state index in [2.05, 4.69) is 0 Å². The average Bonchev–Trinajstić information content (AvgIpc) is 2.24. The lowest BCUT2D eigenvalue weighted by Gasteiger charge is -2.40. The van der Waals surface area contributed by atoms with E-state index in [1.165, 1.54) is 6.92 Å². The van der Waals surface area contributed by atoms with Crippen LogP contribution in [0.5, 0.6) is 0 Å². The molecule has 6 heteroatoms. The molecule has 0 saturated heterocycles. The fourth-order valence-corrected chi connectivity index (χ4v) is 1.26. The maximum Gasteiger partial charge on any atom is 0.0875 e. The van der Waals surface area contributed by atoms with Gasteiger partial charge in [-0.1, -0.05) is 6.92 Å². The summed E-state index contributed by atoms with van der Waals surface area (Å²) in [6.07, 6.45) is -4.27. The van der Waals surface area contributed by atoms with Gasteiger partial charge in [0.1, 0.15) is 0 Å². The van der Waals surface area contributed by atoms with Gasteiger partial charge in [0.15, 0.2) is 0 Å². The van der Waals surface area contributed by atoms with Crippen LogP contribution in [0.3, 0.4) is 0 Å². The highest BCUT2D eigenvalue weighted by atomic mass is 16.4. The summed E-state index contributed by atoms with van der Waals surface area (Å²) in [5.41, 5.74) is -1.56. The van der Waals surface area contributed by atoms with E-state index in [0.717, 1.165) is 0 Å². The lowest BCUT2D eigenvalue weighted by molar-refractivity contribution is -0.161. The third-order valence-corrected chi connectivity index (χ3v) is 2.67. The molecule has 0 saturated carbocycles. The maximum atomic E-state index is 9.39. The minimum Gasteiger partial charge on any atom is -0.394 e. The normalized spacial score (nSPS) is 22.5. The lowest BCUT2D eigenvalue weighted by atomic mass is 9.74. The van der Waals surface area contributed by atoms with Crippen molar-refractivity contribution in [3.63, 3.8) is 0 Å². The van der Waals surface area contributed by atoms with Crippen molar-refractivity contribution in [2.75, 3.05) is 19.8 Å². The number of hydrogen-bond acceptors (Lipinski definition) is 6. The van der Waals surface area contributed by atoms with Gasteiger partial charge in [0, 0.05) is 0 Å². The number of hydrogen-bond donors (Lipinski definition) is 6. The molecule has 0 aromatic rings. The molecular formula is C8H18O6. The summed E-state index contributed by atoms with van der Waals surface area (Å²) in [6.45, 7) is -0.754. The Balaban J connectivity index is 4.83. The van der Waals surface area contributed by atoms with Gasteiger partial charge < -0.3 is 30.6 Å². The molecule has 14 heavy (non-hydrogen) atoms. The van der Waals surface area contributed by atoms with Gasteiger partial charge >= 0.3 is 0 Å². The quantitative estimate of drug-likeness (QED) is 0.279. The van der Waals surface area contributed by atoms with Crippen molar-refractivity contribution < 1.29 is 30.6 Å². The molecule has 0 aliphatic heterocycles. The molecule has 6 N–H and O–H groups in total. The molecular weight excluding hydrogens is 192 g/mol. The molecule has 0 bridgehead atoms. The van der Waals surface area contributed by atoms with Crippen LogP contribution in [0.4, 0.5) is 0 Å². The Hall–Kier alpha value is -0.240. The predicted octanol–water partition coefficient (Wildman–Crippen LogP) is -2.95. The van der Waals surface area contributed by atoms with E-state index in [1.54, 1.807) is 0 Å². The van der Waals surface area contributed by atoms with Crippen molar-refractivity contribution in [2.24, 2.45) is 5.41 Å². The summed E-state index contributed by atoms with van der Waals surface area (Å²) >= 11 is 0. The molecule has 3 atom stereocenters. The smallest absolute Gasteiger partial charge is 0.0875 e. The summed E-state index contributed by atoms with van der Waals surface area (Å²) in [4.78, 5) is 0. The summed E-state index contributed by atoms with van der Waals surface area (Å²) in [6, 6.07) is 0. The topological polar surface area (TPSA) is 121 Å². The molecule has 3 unspecified atom stereocenters. The Kier molecular flexibility index (Phi) is 5.50. The minimum atomic E-state index is -1.56. The third-order valence-electron chi connectivity index (χ3n) is 2.67. The zero-order chi connectivity index (χ0) is 11.4. The van der Waals surface area contributed by atoms with E-state index >= 15 is 0 Å². The Morgan fingerprint density at radius 3 is 1.14 bits per heavy atom. The first kappa shape index (κ1) is 13.8. The molecule has 0 spiro atoms. The molecule has 0 heterocycles. The number of rotatable bonds is 6. The van der Waals surface area contributed by atoms with Crippen LogP contribution in [-0.4, -0.2) is 68.8 Å². The Morgan fingerprint density at radius 2 is 1.00 bits per heavy atom. The van der Waals surface area contributed by atoms with Crippen LogP contribution in [0.25, 0.3) is 0 Å². The minimum absolute atomic E-state index is 0.676. The van der Waals surface area contributed by atoms with Gasteiger partial charge in [-0.3, -0.25) is 0 Å². The van der Waals surface area contributed by atoms with Gasteiger partial charge in [0.25, 0.3) is 0 Å². The van der Waals surface area contributed by atoms with Crippen LogP contribution in [0.15, 0.2) is 0 Å². The molecule has 6 nitrogen and oxygen atoms in total. The van der Waals surface area contributed by atoms with Gasteiger partial charge in [-0.05, 0) is 0 Å². The van der Waals surface area contributed by atoms with Gasteiger partial charge in [-0.15, -0.1) is 0 Å². The van der Waals surface area contributed by atoms with E-state index in [-0.39, 0.29) is 0 Å². The van der Waals surface area contributed by atoms with Gasteiger partial charge in [-0.2, -0.15) is 0 Å². The second-order valence-corrected chi connectivity index (χ2v) is 3.46. The molecule has 0 rings (SSSR count). The first-order valence-electron chi connectivity index (χ1n) is 4.31. The van der Waals surface area contributed by atoms with Gasteiger partial charge in [0.05, 0.1) is 43.5 Å². The zero-order valence-corrected chi connectivity index (χ0v) is 8.04. The first-order chi connectivity index (χ1) is 6.44. The molecule has 0 fully saturated rings. The van der Waals surface area contributed by atoms with Crippen molar-refractivity contribution in [3.05, 3.63) is 0 Å². The van der Waals surface area contributed by atoms with Crippen LogP contribution >= 0.6 is 0 Å². The summed E-state index contributed by atoms with van der Waals surface area (Å²) < 4.78 is 0. The Morgan fingerprint density at radius 1 is 0.786 bits per heavy atom. The predicted molar refractivity (Wildman–Crippen MR) is 47.4 cm³/mol. The number of aliphatic hydroxyl groups excluding tert-OH is 6. The fourth-order valence-electron chi connectivity index (χ4n) is 1.26. The van der Waals surface area contributed by atoms with Gasteiger partial charge in [0.2, 0.25) is 0 Å². The van der Waals surface area contributed by atoms with E-state index < -0.39 is 43.5 Å². The zero-order valence-electron chi connectivity index (χ0n) is 8.04. The molecule has 0 aliphatic rings. The van der Waals surface area contributed by atoms with E-state index in [4.69, 9.17) is 15.3 Å². The van der Waals surface area contributed by atoms with Crippen molar-refractivity contribution in [2.45, 2.75) is 25.2 Å². The molecule has 86 valence electrons. The van der Waals surface area contributed by atoms with Crippen molar-refractivity contribution >= 4 is 0 Å². The van der Waals surface area contributed by atoms with Crippen molar-refractivity contribution in [1.82, 2.24) is 0 Å². The van der Waals surface area contributed by atoms with Crippen LogP contribution in [-0.2, 0) is 0 Å². The van der Waals surface area contributed by atoms with Gasteiger partial charge in [-0.25, -0.2) is 0 Å². The Bertz CT molecular complexity index is 135. The Labute approximate surface area is 82.1 Å². The highest BCUT2D eigenvalue weighted by molar-refractivity contribution is 4.94. The summed E-state index contributed by atoms with van der Waals surface area (Å²) in [7, 11) is 0.